The van der Waals surface area contributed by atoms with E-state index in [-0.39, 0.29) is 17.6 Å². The van der Waals surface area contributed by atoms with Crippen LogP contribution in [0.2, 0.25) is 0 Å². The molecule has 2 N–H and O–H groups in total. The van der Waals surface area contributed by atoms with Crippen LogP contribution >= 0.6 is 11.3 Å². The fourth-order valence-electron chi connectivity index (χ4n) is 4.18. The molecule has 30 heavy (non-hydrogen) atoms. The lowest BCUT2D eigenvalue weighted by Crippen LogP contribution is -2.08. The second-order valence-corrected chi connectivity index (χ2v) is 8.83. The minimum Gasteiger partial charge on any atom is -0.368 e. The van der Waals surface area contributed by atoms with E-state index in [1.165, 1.54) is 11.0 Å². The van der Waals surface area contributed by atoms with E-state index in [1.54, 1.807) is 17.4 Å². The van der Waals surface area contributed by atoms with Crippen molar-refractivity contribution >= 4 is 28.6 Å². The Labute approximate surface area is 177 Å². The first-order valence-corrected chi connectivity index (χ1v) is 10.6. The van der Waals surface area contributed by atoms with Gasteiger partial charge in [-0.05, 0) is 37.5 Å². The number of nitrogens with zero attached hydrogens (tertiary/aromatic N) is 3. The number of allylic oxidation sites excluding steroid dienone is 4. The van der Waals surface area contributed by atoms with Crippen molar-refractivity contribution in [2.45, 2.75) is 33.1 Å². The minimum atomic E-state index is -0.176. The van der Waals surface area contributed by atoms with E-state index in [0.717, 1.165) is 27.4 Å². The molecule has 1 aromatic carbocycles. The molecular formula is C23H19FN4OS. The molecule has 0 spiro atoms. The Bertz CT molecular complexity index is 1290. The second-order valence-electron chi connectivity index (χ2n) is 7.55. The molecule has 0 saturated heterocycles. The van der Waals surface area contributed by atoms with Gasteiger partial charge in [-0.2, -0.15) is 0 Å². The number of ketones is 1. The third-order valence-corrected chi connectivity index (χ3v) is 6.61. The summed E-state index contributed by atoms with van der Waals surface area (Å²) in [5.41, 5.74) is 11.8. The summed E-state index contributed by atoms with van der Waals surface area (Å²) in [4.78, 5) is 27.9. The molecule has 5 nitrogen and oxygen atoms in total. The minimum absolute atomic E-state index is 0.106. The number of rotatable bonds is 3. The Balaban J connectivity index is 1.69. The highest BCUT2D eigenvalue weighted by molar-refractivity contribution is 7.11. The molecule has 5 rings (SSSR count). The zero-order chi connectivity index (χ0) is 21.0. The van der Waals surface area contributed by atoms with Crippen LogP contribution < -0.4 is 5.73 Å². The molecule has 2 aliphatic rings. The highest BCUT2D eigenvalue weighted by Crippen LogP contribution is 2.43. The normalized spacial score (nSPS) is 15.0. The lowest BCUT2D eigenvalue weighted by Gasteiger charge is -2.14. The van der Waals surface area contributed by atoms with Crippen LogP contribution in [0.1, 0.15) is 55.6 Å². The van der Waals surface area contributed by atoms with Gasteiger partial charge in [-0.3, -0.25) is 4.79 Å². The van der Waals surface area contributed by atoms with Gasteiger partial charge in [0.1, 0.15) is 5.83 Å². The molecule has 0 bridgehead atoms. The number of benzene rings is 1. The number of carbonyl (C=O) groups is 1. The Kier molecular flexibility index (Phi) is 4.36. The molecule has 0 fully saturated rings. The highest BCUT2D eigenvalue weighted by Gasteiger charge is 2.35. The average Bonchev–Trinajstić information content (AvgIpc) is 3.18. The molecule has 0 saturated carbocycles. The zero-order valence-corrected chi connectivity index (χ0v) is 17.4. The number of hydrogen-bond acceptors (Lipinski definition) is 6. The van der Waals surface area contributed by atoms with Crippen LogP contribution in [0.25, 0.3) is 16.8 Å². The van der Waals surface area contributed by atoms with E-state index in [4.69, 9.17) is 5.73 Å². The molecule has 0 aliphatic heterocycles. The van der Waals surface area contributed by atoms with Gasteiger partial charge in [0.05, 0.1) is 27.7 Å². The number of hydrogen-bond donors (Lipinski definition) is 1. The van der Waals surface area contributed by atoms with E-state index in [0.29, 0.717) is 41.8 Å². The second kappa shape index (κ2) is 6.95. The quantitative estimate of drug-likeness (QED) is 0.508. The maximum absolute atomic E-state index is 13.5. The number of fused-ring (bicyclic) bond motifs is 3. The predicted molar refractivity (Wildman–Crippen MR) is 116 cm³/mol. The largest absolute Gasteiger partial charge is 0.368 e. The molecule has 0 radical (unpaired) electrons. The summed E-state index contributed by atoms with van der Waals surface area (Å²) in [7, 11) is 0. The van der Waals surface area contributed by atoms with Gasteiger partial charge < -0.3 is 5.73 Å². The summed E-state index contributed by atoms with van der Waals surface area (Å²) in [6, 6.07) is 5.74. The standard InChI is InChI=1S/C23H19FN4OS/c1-11-17(30-12(2)26-11)10-14-4-3-5-16-18(14)21-19(22(16)29)20(27-23(25)28-21)13-6-8-15(24)9-7-13/h3-6,8H,7,9-10H2,1-2H3,(H2,25,27,28). The maximum atomic E-state index is 13.5. The third-order valence-electron chi connectivity index (χ3n) is 5.54. The average molecular weight is 418 g/mol. The van der Waals surface area contributed by atoms with Crippen molar-refractivity contribution in [2.75, 3.05) is 5.73 Å². The molecule has 2 heterocycles. The van der Waals surface area contributed by atoms with Crippen LogP contribution in [0.15, 0.2) is 36.2 Å². The van der Waals surface area contributed by atoms with Crippen molar-refractivity contribution in [3.63, 3.8) is 0 Å². The summed E-state index contributed by atoms with van der Waals surface area (Å²) in [6.07, 6.45) is 4.54. The molecule has 2 aliphatic carbocycles. The molecule has 2 aromatic heterocycles. The fraction of sp³-hybridized carbons (Fsp3) is 0.217. The number of aromatic nitrogens is 3. The van der Waals surface area contributed by atoms with Gasteiger partial charge in [0.25, 0.3) is 0 Å². The molecule has 0 amide bonds. The first kappa shape index (κ1) is 18.8. The van der Waals surface area contributed by atoms with Crippen LogP contribution in [-0.2, 0) is 6.42 Å². The topological polar surface area (TPSA) is 81.8 Å². The van der Waals surface area contributed by atoms with E-state index in [1.807, 2.05) is 32.0 Å². The molecule has 0 atom stereocenters. The van der Waals surface area contributed by atoms with Crippen LogP contribution in [0, 0.1) is 13.8 Å². The molecular weight excluding hydrogens is 399 g/mol. The van der Waals surface area contributed by atoms with E-state index < -0.39 is 0 Å². The highest BCUT2D eigenvalue weighted by atomic mass is 32.1. The van der Waals surface area contributed by atoms with Gasteiger partial charge in [-0.15, -0.1) is 11.3 Å². The summed E-state index contributed by atoms with van der Waals surface area (Å²) in [5, 5.41) is 1.02. The molecule has 0 unspecified atom stereocenters. The van der Waals surface area contributed by atoms with Crippen LogP contribution in [0.3, 0.4) is 0 Å². The van der Waals surface area contributed by atoms with Crippen LogP contribution in [0.5, 0.6) is 0 Å². The lowest BCUT2D eigenvalue weighted by molar-refractivity contribution is 0.104. The summed E-state index contributed by atoms with van der Waals surface area (Å²) < 4.78 is 13.5. The smallest absolute Gasteiger partial charge is 0.221 e. The van der Waals surface area contributed by atoms with E-state index >= 15 is 0 Å². The Hall–Kier alpha value is -3.19. The fourth-order valence-corrected chi connectivity index (χ4v) is 5.14. The SMILES string of the molecule is Cc1nc(C)c(Cc2cccc3c2-c2nc(N)nc(C4=CC=C(F)CC4)c2C3=O)s1. The van der Waals surface area contributed by atoms with E-state index in [9.17, 15) is 9.18 Å². The van der Waals surface area contributed by atoms with Gasteiger partial charge in [-0.1, -0.05) is 24.3 Å². The lowest BCUT2D eigenvalue weighted by atomic mass is 9.96. The number of nitrogen functional groups attached to an aromatic ring is 1. The number of halogens is 1. The Morgan fingerprint density at radius 3 is 2.57 bits per heavy atom. The first-order valence-electron chi connectivity index (χ1n) is 9.75. The van der Waals surface area contributed by atoms with Crippen molar-refractivity contribution in [2.24, 2.45) is 0 Å². The maximum Gasteiger partial charge on any atom is 0.221 e. The van der Waals surface area contributed by atoms with Gasteiger partial charge in [0.2, 0.25) is 5.95 Å². The van der Waals surface area contributed by atoms with Crippen molar-refractivity contribution < 1.29 is 9.18 Å². The van der Waals surface area contributed by atoms with Gasteiger partial charge in [0.15, 0.2) is 5.78 Å². The summed E-state index contributed by atoms with van der Waals surface area (Å²) in [5.74, 6) is -0.172. The van der Waals surface area contributed by atoms with Crippen molar-refractivity contribution in [1.29, 1.82) is 0 Å². The Morgan fingerprint density at radius 2 is 1.87 bits per heavy atom. The van der Waals surface area contributed by atoms with Gasteiger partial charge in [-0.25, -0.2) is 19.3 Å². The Morgan fingerprint density at radius 1 is 1.07 bits per heavy atom. The van der Waals surface area contributed by atoms with Crippen molar-refractivity contribution in [1.82, 2.24) is 15.0 Å². The van der Waals surface area contributed by atoms with Crippen molar-refractivity contribution in [3.8, 4) is 11.3 Å². The number of thiazole rings is 1. The number of nitrogens with two attached hydrogens (primary N) is 1. The van der Waals surface area contributed by atoms with E-state index in [2.05, 4.69) is 15.0 Å². The molecule has 150 valence electrons. The number of anilines is 1. The van der Waals surface area contributed by atoms with Gasteiger partial charge in [0, 0.05) is 28.8 Å². The zero-order valence-electron chi connectivity index (χ0n) is 16.6. The summed E-state index contributed by atoms with van der Waals surface area (Å²) in [6.45, 7) is 3.99. The molecule has 7 heteroatoms. The first-order chi connectivity index (χ1) is 14.4. The van der Waals surface area contributed by atoms with Crippen LogP contribution in [0.4, 0.5) is 10.3 Å². The van der Waals surface area contributed by atoms with Crippen LogP contribution in [-0.4, -0.2) is 20.7 Å². The van der Waals surface area contributed by atoms with Gasteiger partial charge >= 0.3 is 0 Å². The number of carbonyl (C=O) groups excluding carboxylic acids is 1. The summed E-state index contributed by atoms with van der Waals surface area (Å²) >= 11 is 1.66. The monoisotopic (exact) mass is 418 g/mol. The number of aryl methyl sites for hydroxylation is 2. The van der Waals surface area contributed by atoms with Crippen molar-refractivity contribution in [3.05, 3.63) is 74.1 Å². The molecule has 3 aromatic rings. The predicted octanol–water partition coefficient (Wildman–Crippen LogP) is 4.96. The third kappa shape index (κ3) is 2.97.